The maximum absolute atomic E-state index is 5.43. The molecule has 0 aliphatic carbocycles. The molecule has 2 aromatic rings. The average Bonchev–Trinajstić information content (AvgIpc) is 2.76. The number of H-pyrrole nitrogens is 1. The van der Waals surface area contributed by atoms with Gasteiger partial charge in [0.05, 0.1) is 11.9 Å². The number of aromatic nitrogens is 4. The molecule has 0 unspecified atom stereocenters. The van der Waals surface area contributed by atoms with Crippen LogP contribution in [0.4, 0.5) is 5.95 Å². The van der Waals surface area contributed by atoms with Crippen molar-refractivity contribution in [2.45, 2.75) is 26.2 Å². The molecule has 16 heavy (non-hydrogen) atoms. The maximum atomic E-state index is 5.43. The minimum Gasteiger partial charge on any atom is -0.368 e. The summed E-state index contributed by atoms with van der Waals surface area (Å²) in [6.07, 6.45) is 8.48. The number of hydrogen-bond acceptors (Lipinski definition) is 4. The number of hydrogen-bond donors (Lipinski definition) is 2. The van der Waals surface area contributed by atoms with E-state index < -0.39 is 0 Å². The van der Waals surface area contributed by atoms with Crippen LogP contribution >= 0.6 is 0 Å². The Morgan fingerprint density at radius 3 is 2.62 bits per heavy atom. The van der Waals surface area contributed by atoms with Crippen LogP contribution in [0.3, 0.4) is 0 Å². The van der Waals surface area contributed by atoms with E-state index in [1.54, 1.807) is 18.6 Å². The van der Waals surface area contributed by atoms with Crippen molar-refractivity contribution in [3.05, 3.63) is 24.4 Å². The summed E-state index contributed by atoms with van der Waals surface area (Å²) in [7, 11) is 0. The number of aromatic amines is 1. The molecular weight excluding hydrogens is 202 g/mol. The van der Waals surface area contributed by atoms with Crippen LogP contribution in [0.15, 0.2) is 18.6 Å². The summed E-state index contributed by atoms with van der Waals surface area (Å²) in [4.78, 5) is 15.5. The van der Waals surface area contributed by atoms with Crippen LogP contribution in [0.1, 0.15) is 25.6 Å². The number of rotatable bonds is 4. The summed E-state index contributed by atoms with van der Waals surface area (Å²) < 4.78 is 0. The first kappa shape index (κ1) is 10.6. The molecule has 84 valence electrons. The molecule has 2 heterocycles. The van der Waals surface area contributed by atoms with Gasteiger partial charge in [0.25, 0.3) is 0 Å². The zero-order valence-corrected chi connectivity index (χ0v) is 9.27. The predicted octanol–water partition coefficient (Wildman–Crippen LogP) is 1.79. The Bertz CT molecular complexity index is 446. The molecule has 5 nitrogen and oxygen atoms in total. The second-order valence-corrected chi connectivity index (χ2v) is 3.68. The van der Waals surface area contributed by atoms with Crippen molar-refractivity contribution < 1.29 is 0 Å². The molecule has 2 rings (SSSR count). The summed E-state index contributed by atoms with van der Waals surface area (Å²) in [6, 6.07) is 0. The molecule has 0 aliphatic rings. The third kappa shape index (κ3) is 2.36. The SMILES string of the molecule is CCCCc1ncc(-c2cnc(N)nc2)[nH]1. The maximum Gasteiger partial charge on any atom is 0.219 e. The number of aryl methyl sites for hydroxylation is 1. The first-order valence-corrected chi connectivity index (χ1v) is 5.41. The Balaban J connectivity index is 2.15. The Morgan fingerprint density at radius 1 is 1.19 bits per heavy atom. The van der Waals surface area contributed by atoms with E-state index in [1.165, 1.54) is 6.42 Å². The van der Waals surface area contributed by atoms with Crippen LogP contribution in [0.25, 0.3) is 11.3 Å². The highest BCUT2D eigenvalue weighted by molar-refractivity contribution is 5.56. The number of nitrogens with zero attached hydrogens (tertiary/aromatic N) is 3. The van der Waals surface area contributed by atoms with Gasteiger partial charge in [-0.15, -0.1) is 0 Å². The third-order valence-corrected chi connectivity index (χ3v) is 2.38. The molecule has 0 atom stereocenters. The number of nitrogens with one attached hydrogen (secondary N) is 1. The van der Waals surface area contributed by atoms with E-state index in [2.05, 4.69) is 26.9 Å². The molecule has 0 spiro atoms. The topological polar surface area (TPSA) is 80.5 Å². The number of imidazole rings is 1. The Kier molecular flexibility index (Phi) is 3.14. The van der Waals surface area contributed by atoms with Gasteiger partial charge in [0.1, 0.15) is 5.82 Å². The molecule has 5 heteroatoms. The average molecular weight is 217 g/mol. The van der Waals surface area contributed by atoms with Crippen LogP contribution in [0, 0.1) is 0 Å². The van der Waals surface area contributed by atoms with Crippen molar-refractivity contribution in [1.82, 2.24) is 19.9 Å². The second-order valence-electron chi connectivity index (χ2n) is 3.68. The normalized spacial score (nSPS) is 10.6. The van der Waals surface area contributed by atoms with E-state index in [4.69, 9.17) is 5.73 Å². The monoisotopic (exact) mass is 217 g/mol. The lowest BCUT2D eigenvalue weighted by Crippen LogP contribution is -1.93. The molecule has 0 radical (unpaired) electrons. The van der Waals surface area contributed by atoms with Gasteiger partial charge in [-0.05, 0) is 6.42 Å². The van der Waals surface area contributed by atoms with Gasteiger partial charge in [-0.1, -0.05) is 13.3 Å². The molecular formula is C11H15N5. The predicted molar refractivity (Wildman–Crippen MR) is 62.6 cm³/mol. The van der Waals surface area contributed by atoms with Crippen LogP contribution in [-0.2, 0) is 6.42 Å². The van der Waals surface area contributed by atoms with E-state index in [9.17, 15) is 0 Å². The summed E-state index contributed by atoms with van der Waals surface area (Å²) >= 11 is 0. The zero-order chi connectivity index (χ0) is 11.4. The fourth-order valence-electron chi connectivity index (χ4n) is 1.46. The van der Waals surface area contributed by atoms with Crippen molar-refractivity contribution in [2.24, 2.45) is 0 Å². The van der Waals surface area contributed by atoms with E-state index in [1.807, 2.05) is 0 Å². The van der Waals surface area contributed by atoms with Crippen molar-refractivity contribution in [3.63, 3.8) is 0 Å². The molecule has 0 saturated heterocycles. The molecule has 0 saturated carbocycles. The van der Waals surface area contributed by atoms with E-state index in [0.29, 0.717) is 0 Å². The summed E-state index contributed by atoms with van der Waals surface area (Å²) in [6.45, 7) is 2.16. The molecule has 0 aliphatic heterocycles. The number of unbranched alkanes of at least 4 members (excludes halogenated alkanes) is 1. The largest absolute Gasteiger partial charge is 0.368 e. The third-order valence-electron chi connectivity index (χ3n) is 2.38. The highest BCUT2D eigenvalue weighted by Gasteiger charge is 2.03. The first-order chi connectivity index (χ1) is 7.79. The summed E-state index contributed by atoms with van der Waals surface area (Å²) in [5.74, 6) is 1.29. The van der Waals surface area contributed by atoms with Crippen LogP contribution < -0.4 is 5.73 Å². The number of nitrogen functional groups attached to an aromatic ring is 1. The molecule has 0 amide bonds. The van der Waals surface area contributed by atoms with Crippen LogP contribution in [0.5, 0.6) is 0 Å². The van der Waals surface area contributed by atoms with Crippen LogP contribution in [-0.4, -0.2) is 19.9 Å². The minimum absolute atomic E-state index is 0.287. The van der Waals surface area contributed by atoms with Gasteiger partial charge >= 0.3 is 0 Å². The van der Waals surface area contributed by atoms with Gasteiger partial charge < -0.3 is 10.7 Å². The summed E-state index contributed by atoms with van der Waals surface area (Å²) in [5, 5.41) is 0. The molecule has 3 N–H and O–H groups in total. The Hall–Kier alpha value is -1.91. The van der Waals surface area contributed by atoms with Crippen molar-refractivity contribution in [3.8, 4) is 11.3 Å². The molecule has 0 aromatic carbocycles. The van der Waals surface area contributed by atoms with Gasteiger partial charge in [0.15, 0.2) is 0 Å². The zero-order valence-electron chi connectivity index (χ0n) is 9.27. The molecule has 0 fully saturated rings. The lowest BCUT2D eigenvalue weighted by atomic mass is 10.2. The molecule has 0 bridgehead atoms. The standard InChI is InChI=1S/C11H15N5/c1-2-3-4-10-13-7-9(16-10)8-5-14-11(12)15-6-8/h5-7H,2-4H2,1H3,(H,13,16)(H2,12,14,15). The van der Waals surface area contributed by atoms with Crippen molar-refractivity contribution in [2.75, 3.05) is 5.73 Å². The van der Waals surface area contributed by atoms with E-state index in [0.717, 1.165) is 29.9 Å². The second kappa shape index (κ2) is 4.74. The van der Waals surface area contributed by atoms with Gasteiger partial charge in [0.2, 0.25) is 5.95 Å². The number of anilines is 1. The number of nitrogens with two attached hydrogens (primary N) is 1. The smallest absolute Gasteiger partial charge is 0.219 e. The van der Waals surface area contributed by atoms with Crippen LogP contribution in [0.2, 0.25) is 0 Å². The Morgan fingerprint density at radius 2 is 1.94 bits per heavy atom. The highest BCUT2D eigenvalue weighted by atomic mass is 15.0. The lowest BCUT2D eigenvalue weighted by Gasteiger charge is -1.96. The highest BCUT2D eigenvalue weighted by Crippen LogP contribution is 2.15. The van der Waals surface area contributed by atoms with E-state index >= 15 is 0 Å². The fourth-order valence-corrected chi connectivity index (χ4v) is 1.46. The minimum atomic E-state index is 0.287. The lowest BCUT2D eigenvalue weighted by molar-refractivity contribution is 0.763. The Labute approximate surface area is 94.2 Å². The van der Waals surface area contributed by atoms with Crippen molar-refractivity contribution in [1.29, 1.82) is 0 Å². The van der Waals surface area contributed by atoms with Gasteiger partial charge in [-0.25, -0.2) is 15.0 Å². The molecule has 2 aromatic heterocycles. The fraction of sp³-hybridized carbons (Fsp3) is 0.364. The quantitative estimate of drug-likeness (QED) is 0.818. The summed E-state index contributed by atoms with van der Waals surface area (Å²) in [5.41, 5.74) is 7.27. The van der Waals surface area contributed by atoms with Crippen molar-refractivity contribution >= 4 is 5.95 Å². The first-order valence-electron chi connectivity index (χ1n) is 5.41. The van der Waals surface area contributed by atoms with Gasteiger partial charge in [0, 0.05) is 24.4 Å². The van der Waals surface area contributed by atoms with Gasteiger partial charge in [-0.2, -0.15) is 0 Å². The van der Waals surface area contributed by atoms with Gasteiger partial charge in [-0.3, -0.25) is 0 Å². The van der Waals surface area contributed by atoms with E-state index in [-0.39, 0.29) is 5.95 Å².